The Morgan fingerprint density at radius 1 is 0.451 bits per heavy atom. The number of nitrogens with one attached hydrogen (secondary N) is 4. The molecule has 0 aliphatic heterocycles. The zero-order valence-corrected chi connectivity index (χ0v) is 28.3. The third-order valence-corrected chi connectivity index (χ3v) is 8.37. The van der Waals surface area contributed by atoms with E-state index in [1.807, 2.05) is 72.8 Å². The van der Waals surface area contributed by atoms with Gasteiger partial charge < -0.3 is 21.7 Å². The van der Waals surface area contributed by atoms with Crippen molar-refractivity contribution in [3.63, 3.8) is 0 Å². The molecule has 0 saturated carbocycles. The number of benzene rings is 6. The first kappa shape index (κ1) is 35.4. The number of phenolic OH excluding ortho intramolecular Hbond substituents is 2. The number of phenols is 2. The molecule has 13 heteroatoms. The van der Waals surface area contributed by atoms with Gasteiger partial charge in [0.15, 0.2) is 0 Å². The summed E-state index contributed by atoms with van der Waals surface area (Å²) < 4.78 is 0.764. The predicted molar refractivity (Wildman–Crippen MR) is 206 cm³/mol. The van der Waals surface area contributed by atoms with Crippen molar-refractivity contribution in [1.29, 1.82) is 0 Å². The van der Waals surface area contributed by atoms with Crippen LogP contribution in [0.15, 0.2) is 151 Å². The predicted octanol–water partition coefficient (Wildman–Crippen LogP) is 5.96. The second kappa shape index (κ2) is 16.0. The zero-order chi connectivity index (χ0) is 36.5. The van der Waals surface area contributed by atoms with Crippen LogP contribution in [0, 0.1) is 0 Å². The molecule has 0 bridgehead atoms. The fourth-order valence-electron chi connectivity index (χ4n) is 5.02. The smallest absolute Gasteiger partial charge is 0.272 e. The van der Waals surface area contributed by atoms with Gasteiger partial charge in [-0.3, -0.25) is 39.6 Å². The second-order valence-corrected chi connectivity index (χ2v) is 11.7. The molecular formula is C38H31BrN6O6. The van der Waals surface area contributed by atoms with Gasteiger partial charge in [-0.15, -0.1) is 0 Å². The topological polar surface area (TPSA) is 224 Å². The summed E-state index contributed by atoms with van der Waals surface area (Å²) in [6.45, 7) is 0. The van der Waals surface area contributed by atoms with Crippen LogP contribution < -0.4 is 33.7 Å². The molecule has 0 saturated heterocycles. The second-order valence-electron chi connectivity index (χ2n) is 10.9. The minimum atomic E-state index is -0.382. The molecule has 0 fully saturated rings. The first-order valence-electron chi connectivity index (χ1n) is 15.2. The lowest BCUT2D eigenvalue weighted by molar-refractivity contribution is 0.473. The van der Waals surface area contributed by atoms with Crippen molar-refractivity contribution >= 4 is 59.6 Å². The van der Waals surface area contributed by atoms with Crippen molar-refractivity contribution < 1.29 is 10.2 Å². The van der Waals surface area contributed by atoms with E-state index < -0.39 is 0 Å². The molecule has 51 heavy (non-hydrogen) atoms. The van der Waals surface area contributed by atoms with Crippen LogP contribution in [0.5, 0.6) is 11.5 Å². The number of H-pyrrole nitrogens is 4. The van der Waals surface area contributed by atoms with Gasteiger partial charge in [0.2, 0.25) is 0 Å². The van der Waals surface area contributed by atoms with E-state index in [1.165, 1.54) is 5.56 Å². The molecular weight excluding hydrogens is 716 g/mol. The van der Waals surface area contributed by atoms with Crippen molar-refractivity contribution in [1.82, 2.24) is 20.4 Å². The lowest BCUT2D eigenvalue weighted by Gasteiger charge is -2.01. The summed E-state index contributed by atoms with van der Waals surface area (Å²) in [5, 5.41) is 30.6. The third-order valence-electron chi connectivity index (χ3n) is 7.53. The molecule has 0 aliphatic rings. The fraction of sp³-hybridized carbons (Fsp3) is 0. The van der Waals surface area contributed by atoms with Crippen molar-refractivity contribution in [3.8, 4) is 22.6 Å². The van der Waals surface area contributed by atoms with Gasteiger partial charge in [0.1, 0.15) is 11.5 Å². The highest BCUT2D eigenvalue weighted by molar-refractivity contribution is 9.10. The minimum absolute atomic E-state index is 0.242. The van der Waals surface area contributed by atoms with Gasteiger partial charge >= 0.3 is 0 Å². The summed E-state index contributed by atoms with van der Waals surface area (Å²) in [4.78, 5) is 44.9. The monoisotopic (exact) mass is 746 g/mol. The number of aromatic hydroxyl groups is 2. The Hall–Kier alpha value is -6.86. The van der Waals surface area contributed by atoms with Crippen molar-refractivity contribution in [2.45, 2.75) is 0 Å². The van der Waals surface area contributed by atoms with E-state index in [0.717, 1.165) is 20.8 Å². The summed E-state index contributed by atoms with van der Waals surface area (Å²) in [5.74, 6) is 0.591. The van der Waals surface area contributed by atoms with Crippen LogP contribution in [-0.4, -0.2) is 30.6 Å². The maximum Gasteiger partial charge on any atom is 0.272 e. The van der Waals surface area contributed by atoms with Crippen LogP contribution in [0.2, 0.25) is 0 Å². The molecule has 0 unspecified atom stereocenters. The van der Waals surface area contributed by atoms with Crippen LogP contribution >= 0.6 is 15.9 Å². The van der Waals surface area contributed by atoms with Crippen LogP contribution in [0.4, 0.5) is 11.4 Å². The van der Waals surface area contributed by atoms with Crippen LogP contribution in [0.3, 0.4) is 0 Å². The van der Waals surface area contributed by atoms with E-state index >= 15 is 0 Å². The highest BCUT2D eigenvalue weighted by Crippen LogP contribution is 2.31. The minimum Gasteiger partial charge on any atom is -0.508 e. The molecule has 2 heterocycles. The molecule has 2 aromatic heterocycles. The lowest BCUT2D eigenvalue weighted by atomic mass is 10.1. The fourth-order valence-corrected chi connectivity index (χ4v) is 5.51. The van der Waals surface area contributed by atoms with Crippen molar-refractivity contribution in [2.24, 2.45) is 0 Å². The normalized spacial score (nSPS) is 10.3. The Morgan fingerprint density at radius 2 is 0.902 bits per heavy atom. The van der Waals surface area contributed by atoms with Gasteiger partial charge in [-0.2, -0.15) is 0 Å². The third kappa shape index (κ3) is 8.42. The number of hydrogen-bond acceptors (Lipinski definition) is 8. The van der Waals surface area contributed by atoms with Crippen LogP contribution in [0.25, 0.3) is 43.4 Å². The number of aromatic nitrogens is 4. The molecule has 0 aliphatic carbocycles. The highest BCUT2D eigenvalue weighted by Gasteiger charge is 2.06. The van der Waals surface area contributed by atoms with Gasteiger partial charge in [-0.05, 0) is 80.3 Å². The molecule has 8 aromatic rings. The van der Waals surface area contributed by atoms with Gasteiger partial charge in [0.05, 0.1) is 26.0 Å². The number of hydrogen-bond donors (Lipinski definition) is 8. The molecule has 6 aromatic carbocycles. The SMILES string of the molecule is Nc1cccc2c(=O)[nH][nH]c(=O)c12.Nc1cccc2c(=O)[nH][nH]c(=O)c12.Oc1ccc(-c2ccccc2)cc1.Oc1ccc2ccccc2c1Br. The first-order chi connectivity index (χ1) is 24.5. The highest BCUT2D eigenvalue weighted by atomic mass is 79.9. The molecule has 10 N–H and O–H groups in total. The van der Waals surface area contributed by atoms with E-state index in [4.69, 9.17) is 16.6 Å². The van der Waals surface area contributed by atoms with Crippen LogP contribution in [0.1, 0.15) is 0 Å². The van der Waals surface area contributed by atoms with E-state index in [1.54, 1.807) is 54.6 Å². The maximum absolute atomic E-state index is 11.2. The standard InChI is InChI=1S/C12H10O.C10H7BrO.2C8H7N3O2/c13-12-8-6-11(7-9-12)10-4-2-1-3-5-10;11-10-8-4-2-1-3-7(8)5-6-9(10)12;2*9-5-3-1-2-4-6(5)8(13)11-10-7(4)12/h1-9,13H;1-6,12H;2*1-3H,9H2,(H,10,12)(H,11,13). The summed E-state index contributed by atoms with van der Waals surface area (Å²) in [5.41, 5.74) is 12.6. The number of nitrogen functional groups attached to an aromatic ring is 2. The Bertz CT molecular complexity index is 2580. The van der Waals surface area contributed by atoms with Crippen molar-refractivity contribution in [3.05, 3.63) is 173 Å². The number of rotatable bonds is 1. The van der Waals surface area contributed by atoms with E-state index in [-0.39, 0.29) is 38.8 Å². The summed E-state index contributed by atoms with van der Waals surface area (Å²) in [6.07, 6.45) is 0. The molecule has 0 radical (unpaired) electrons. The van der Waals surface area contributed by atoms with E-state index in [0.29, 0.717) is 27.9 Å². The number of anilines is 2. The molecule has 0 amide bonds. The van der Waals surface area contributed by atoms with Gasteiger partial charge in [0, 0.05) is 11.4 Å². The number of nitrogens with two attached hydrogens (primary N) is 2. The Balaban J connectivity index is 0.000000132. The number of fused-ring (bicyclic) bond motifs is 3. The summed E-state index contributed by atoms with van der Waals surface area (Å²) in [7, 11) is 0. The van der Waals surface area contributed by atoms with Gasteiger partial charge in [0.25, 0.3) is 22.2 Å². The van der Waals surface area contributed by atoms with Crippen molar-refractivity contribution in [2.75, 3.05) is 11.5 Å². The van der Waals surface area contributed by atoms with Crippen LogP contribution in [-0.2, 0) is 0 Å². The van der Waals surface area contributed by atoms with E-state index in [2.05, 4.69) is 36.3 Å². The zero-order valence-electron chi connectivity index (χ0n) is 26.7. The number of halogens is 1. The maximum atomic E-state index is 11.2. The summed E-state index contributed by atoms with van der Waals surface area (Å²) in [6, 6.07) is 38.3. The van der Waals surface area contributed by atoms with E-state index in [9.17, 15) is 24.3 Å². The average Bonchev–Trinajstić information content (AvgIpc) is 3.15. The summed E-state index contributed by atoms with van der Waals surface area (Å²) >= 11 is 3.33. The first-order valence-corrected chi connectivity index (χ1v) is 16.0. The Kier molecular flexibility index (Phi) is 11.1. The Morgan fingerprint density at radius 3 is 1.43 bits per heavy atom. The molecule has 0 spiro atoms. The molecule has 0 atom stereocenters. The van der Waals surface area contributed by atoms with Gasteiger partial charge in [-0.1, -0.05) is 84.9 Å². The molecule has 256 valence electrons. The largest absolute Gasteiger partial charge is 0.508 e. The molecule has 8 rings (SSSR count). The lowest BCUT2D eigenvalue weighted by Crippen LogP contribution is -2.19. The number of aromatic amines is 4. The Labute approximate surface area is 296 Å². The molecule has 12 nitrogen and oxygen atoms in total. The quantitative estimate of drug-likeness (QED) is 0.0933. The van der Waals surface area contributed by atoms with Gasteiger partial charge in [-0.25, -0.2) is 0 Å². The average molecular weight is 748 g/mol.